The molecule has 1 aliphatic heterocycles. The Morgan fingerprint density at radius 1 is 1.31 bits per heavy atom. The van der Waals surface area contributed by atoms with Crippen molar-refractivity contribution >= 4 is 39.3 Å². The van der Waals surface area contributed by atoms with Crippen molar-refractivity contribution in [3.8, 4) is 5.75 Å². The predicted molar refractivity (Wildman–Crippen MR) is 110 cm³/mol. The van der Waals surface area contributed by atoms with E-state index < -0.39 is 10.0 Å². The van der Waals surface area contributed by atoms with Gasteiger partial charge in [-0.1, -0.05) is 24.6 Å². The van der Waals surface area contributed by atoms with Gasteiger partial charge in [-0.05, 0) is 31.0 Å². The number of benzene rings is 1. The third-order valence-corrected chi connectivity index (χ3v) is 7.20. The summed E-state index contributed by atoms with van der Waals surface area (Å²) in [5.41, 5.74) is 5.75. The van der Waals surface area contributed by atoms with Crippen LogP contribution < -0.4 is 15.8 Å². The van der Waals surface area contributed by atoms with E-state index in [4.69, 9.17) is 10.5 Å². The number of carbonyl (C=O) groups is 1. The van der Waals surface area contributed by atoms with Gasteiger partial charge < -0.3 is 15.8 Å². The number of ether oxygens (including phenoxy) is 1. The molecule has 29 heavy (non-hydrogen) atoms. The van der Waals surface area contributed by atoms with Gasteiger partial charge in [-0.2, -0.15) is 9.29 Å². The van der Waals surface area contributed by atoms with E-state index in [-0.39, 0.29) is 22.5 Å². The molecule has 0 bridgehead atoms. The van der Waals surface area contributed by atoms with E-state index in [1.165, 1.54) is 23.5 Å². The predicted octanol–water partition coefficient (Wildman–Crippen LogP) is 1.69. The number of methoxy groups -OCH3 is 1. The summed E-state index contributed by atoms with van der Waals surface area (Å²) in [6, 6.07) is 4.48. The van der Waals surface area contributed by atoms with E-state index in [0.29, 0.717) is 29.7 Å². The lowest BCUT2D eigenvalue weighted by molar-refractivity contribution is -0.113. The van der Waals surface area contributed by atoms with Gasteiger partial charge in [0, 0.05) is 13.1 Å². The van der Waals surface area contributed by atoms with Crippen LogP contribution in [0.5, 0.6) is 5.75 Å². The van der Waals surface area contributed by atoms with E-state index in [2.05, 4.69) is 20.5 Å². The van der Waals surface area contributed by atoms with Crippen molar-refractivity contribution in [2.45, 2.75) is 35.7 Å². The smallest absolute Gasteiger partial charge is 0.243 e. The van der Waals surface area contributed by atoms with Gasteiger partial charge in [0.1, 0.15) is 5.75 Å². The number of H-pyrrole nitrogens is 1. The Labute approximate surface area is 173 Å². The normalized spacial score (nSPS) is 15.6. The zero-order chi connectivity index (χ0) is 20.9. The van der Waals surface area contributed by atoms with Gasteiger partial charge in [0.05, 0.1) is 23.4 Å². The highest BCUT2D eigenvalue weighted by Gasteiger charge is 2.26. The van der Waals surface area contributed by atoms with Gasteiger partial charge in [-0.3, -0.25) is 4.79 Å². The second kappa shape index (κ2) is 9.46. The number of aromatic nitrogens is 3. The van der Waals surface area contributed by atoms with Gasteiger partial charge in [0.2, 0.25) is 27.0 Å². The van der Waals surface area contributed by atoms with Gasteiger partial charge in [-0.15, -0.1) is 5.10 Å². The fourth-order valence-electron chi connectivity index (χ4n) is 3.02. The van der Waals surface area contributed by atoms with E-state index >= 15 is 0 Å². The van der Waals surface area contributed by atoms with Crippen LogP contribution in [0.2, 0.25) is 0 Å². The Morgan fingerprint density at radius 2 is 2.03 bits per heavy atom. The summed E-state index contributed by atoms with van der Waals surface area (Å²) in [4.78, 5) is 16.4. The summed E-state index contributed by atoms with van der Waals surface area (Å²) in [6.07, 6.45) is 3.76. The summed E-state index contributed by atoms with van der Waals surface area (Å²) < 4.78 is 32.8. The number of sulfonamides is 1. The first-order valence-corrected chi connectivity index (χ1v) is 11.6. The number of anilines is 2. The summed E-state index contributed by atoms with van der Waals surface area (Å²) in [5.74, 6) is 0.228. The molecule has 0 aliphatic carbocycles. The molecule has 1 aromatic heterocycles. The van der Waals surface area contributed by atoms with Crippen molar-refractivity contribution in [3.63, 3.8) is 0 Å². The highest BCUT2D eigenvalue weighted by molar-refractivity contribution is 7.99. The minimum atomic E-state index is -3.64. The number of thioether (sulfide) groups is 1. The molecule has 0 spiro atoms. The fourth-order valence-corrected chi connectivity index (χ4v) is 5.16. The molecule has 1 aliphatic rings. The maximum absolute atomic E-state index is 13.0. The molecule has 0 radical (unpaired) electrons. The van der Waals surface area contributed by atoms with Crippen LogP contribution in [0.15, 0.2) is 28.3 Å². The van der Waals surface area contributed by atoms with Crippen LogP contribution >= 0.6 is 11.8 Å². The topological polar surface area (TPSA) is 143 Å². The molecule has 1 amide bonds. The first kappa shape index (κ1) is 21.4. The number of nitrogens with one attached hydrogen (secondary N) is 2. The zero-order valence-electron chi connectivity index (χ0n) is 16.1. The standard InChI is InChI=1S/C17H24N6O4S2/c1-27-14-7-6-12(29(25,26)23-8-4-2-3-5-9-23)10-13(14)19-15(24)11-28-17-20-16(18)21-22-17/h6-7,10H,2-5,8-9,11H2,1H3,(H,19,24)(H3,18,20,21,22). The molecule has 0 saturated carbocycles. The van der Waals surface area contributed by atoms with Crippen molar-refractivity contribution in [3.05, 3.63) is 18.2 Å². The SMILES string of the molecule is COc1ccc(S(=O)(=O)N2CCCCCC2)cc1NC(=O)CSc1n[nH]c(N)n1. The van der Waals surface area contributed by atoms with E-state index in [9.17, 15) is 13.2 Å². The number of rotatable bonds is 7. The summed E-state index contributed by atoms with van der Waals surface area (Å²) >= 11 is 1.10. The lowest BCUT2D eigenvalue weighted by Gasteiger charge is -2.21. The van der Waals surface area contributed by atoms with Gasteiger partial charge >= 0.3 is 0 Å². The summed E-state index contributed by atoms with van der Waals surface area (Å²) in [5, 5.41) is 9.39. The maximum Gasteiger partial charge on any atom is 0.243 e. The van der Waals surface area contributed by atoms with Gasteiger partial charge in [0.15, 0.2) is 0 Å². The molecule has 158 valence electrons. The third kappa shape index (κ3) is 5.40. The molecule has 1 fully saturated rings. The number of hydrogen-bond acceptors (Lipinski definition) is 8. The Bertz CT molecular complexity index is 955. The number of nitrogens with zero attached hydrogens (tertiary/aromatic N) is 3. The van der Waals surface area contributed by atoms with E-state index in [1.807, 2.05) is 0 Å². The monoisotopic (exact) mass is 440 g/mol. The summed E-state index contributed by atoms with van der Waals surface area (Å²) in [7, 11) is -2.18. The molecule has 0 atom stereocenters. The first-order chi connectivity index (χ1) is 13.9. The molecule has 10 nitrogen and oxygen atoms in total. The minimum absolute atomic E-state index is 0.0313. The minimum Gasteiger partial charge on any atom is -0.495 e. The summed E-state index contributed by atoms with van der Waals surface area (Å²) in [6.45, 7) is 1.01. The van der Waals surface area contributed by atoms with E-state index in [1.54, 1.807) is 6.07 Å². The number of hydrogen-bond donors (Lipinski definition) is 3. The molecule has 3 rings (SSSR count). The van der Waals surface area contributed by atoms with Crippen LogP contribution in [-0.4, -0.2) is 59.8 Å². The second-order valence-corrected chi connectivity index (χ2v) is 9.40. The molecular formula is C17H24N6O4S2. The highest BCUT2D eigenvalue weighted by Crippen LogP contribution is 2.30. The number of amides is 1. The van der Waals surface area contributed by atoms with Crippen molar-refractivity contribution in [1.29, 1.82) is 0 Å². The van der Waals surface area contributed by atoms with Crippen molar-refractivity contribution in [1.82, 2.24) is 19.5 Å². The molecule has 4 N–H and O–H groups in total. The molecule has 12 heteroatoms. The fraction of sp³-hybridized carbons (Fsp3) is 0.471. The second-order valence-electron chi connectivity index (χ2n) is 6.52. The number of nitrogen functional groups attached to an aromatic ring is 1. The van der Waals surface area contributed by atoms with Crippen LogP contribution in [0.3, 0.4) is 0 Å². The van der Waals surface area contributed by atoms with Crippen molar-refractivity contribution in [2.24, 2.45) is 0 Å². The number of nitrogens with two attached hydrogens (primary N) is 1. The highest BCUT2D eigenvalue weighted by atomic mass is 32.2. The zero-order valence-corrected chi connectivity index (χ0v) is 17.7. The molecule has 1 saturated heterocycles. The van der Waals surface area contributed by atoms with Gasteiger partial charge in [-0.25, -0.2) is 13.5 Å². The molecule has 2 aromatic rings. The number of aromatic amines is 1. The van der Waals surface area contributed by atoms with Gasteiger partial charge in [0.25, 0.3) is 0 Å². The molecule has 0 unspecified atom stereocenters. The van der Waals surface area contributed by atoms with Crippen molar-refractivity contribution in [2.75, 3.05) is 37.0 Å². The number of carbonyl (C=O) groups excluding carboxylic acids is 1. The molecule has 1 aromatic carbocycles. The Morgan fingerprint density at radius 3 is 2.66 bits per heavy atom. The largest absolute Gasteiger partial charge is 0.495 e. The maximum atomic E-state index is 13.0. The van der Waals surface area contributed by atoms with Crippen LogP contribution in [0.4, 0.5) is 11.6 Å². The molecule has 2 heterocycles. The average Bonchev–Trinajstić information content (AvgIpc) is 2.94. The molecular weight excluding hydrogens is 416 g/mol. The Hall–Kier alpha value is -2.31. The first-order valence-electron chi connectivity index (χ1n) is 9.19. The van der Waals surface area contributed by atoms with Crippen molar-refractivity contribution < 1.29 is 17.9 Å². The van der Waals surface area contributed by atoms with Crippen LogP contribution in [0.25, 0.3) is 0 Å². The Balaban J connectivity index is 1.74. The van der Waals surface area contributed by atoms with Crippen LogP contribution in [0, 0.1) is 0 Å². The Kier molecular flexibility index (Phi) is 6.98. The quantitative estimate of drug-likeness (QED) is 0.552. The van der Waals surface area contributed by atoms with Crippen LogP contribution in [-0.2, 0) is 14.8 Å². The van der Waals surface area contributed by atoms with E-state index in [0.717, 1.165) is 37.4 Å². The lowest BCUT2D eigenvalue weighted by atomic mass is 10.2. The average molecular weight is 441 g/mol. The lowest BCUT2D eigenvalue weighted by Crippen LogP contribution is -2.32. The third-order valence-electron chi connectivity index (χ3n) is 4.46. The van der Waals surface area contributed by atoms with Crippen LogP contribution in [0.1, 0.15) is 25.7 Å².